The molecular formula is C90H119N5O14. The van der Waals surface area contributed by atoms with Gasteiger partial charge in [-0.05, 0) is 275 Å². The van der Waals surface area contributed by atoms with Crippen LogP contribution in [0.3, 0.4) is 0 Å². The van der Waals surface area contributed by atoms with Gasteiger partial charge < -0.3 is 33.6 Å². The number of carboxylic acid groups (broad SMARTS) is 3. The van der Waals surface area contributed by atoms with Gasteiger partial charge in [0.1, 0.15) is 12.2 Å². The number of ketones is 2. The van der Waals surface area contributed by atoms with Gasteiger partial charge in [-0.25, -0.2) is 4.79 Å². The van der Waals surface area contributed by atoms with Gasteiger partial charge in [0, 0.05) is 53.1 Å². The first-order valence-corrected chi connectivity index (χ1v) is 41.0. The van der Waals surface area contributed by atoms with E-state index in [1.807, 2.05) is 6.92 Å². The molecule has 2 heterocycles. The monoisotopic (exact) mass is 1490 g/mol. The standard InChI is InChI=1S/C90H119N5O14/c1-18-58(30-33-83(12)52(6)29-35-87(16)64(83)27-25-59-73-71(50(2)3)61(96)43-89(73,39-37-85(59,87)14)45-67-92-94-75(108-67)53-19-21-54(22-20-53)77(100)101)106-70(99)48-82(11,79(104)105)42-57-41-55(23-24-56(57)49-91)76-95-93-68(109-76)46-90-40-38-86(15)60(74(90)72(51(4)5)62(97)44-90)26-28-65-84(13)34-32-66(107-69(98)47-80(7,8)78(102)103)81(9,10)63(84)31-36-88(65,86)17/h19-24,41,50-52,58-60,63-66H,18,25-40,42-48H2,1-17H3,(H,100,101)(H,102,103)(H,104,105)/t52-,58-,59-,60-,63+,64-,65-,66+,82?,83+,84+,85-,86-,87-,88-,89+,90+/m1/s1. The molecule has 19 heteroatoms. The minimum atomic E-state index is -1.67. The Morgan fingerprint density at radius 3 is 1.67 bits per heavy atom. The molecule has 109 heavy (non-hydrogen) atoms. The molecule has 1 unspecified atom stereocenters. The highest BCUT2D eigenvalue weighted by Crippen LogP contribution is 2.79. The van der Waals surface area contributed by atoms with E-state index in [4.69, 9.17) is 18.3 Å². The number of carboxylic acids is 3. The van der Waals surface area contributed by atoms with Crippen molar-refractivity contribution in [1.29, 1.82) is 5.26 Å². The number of nitriles is 1. The molecule has 13 rings (SSSR count). The van der Waals surface area contributed by atoms with Crippen molar-refractivity contribution in [3.8, 4) is 29.0 Å². The van der Waals surface area contributed by atoms with E-state index in [2.05, 4.69) is 116 Å². The third-order valence-electron chi connectivity index (χ3n) is 32.4. The maximum absolute atomic E-state index is 14.7. The normalized spacial score (nSPS) is 34.7. The Labute approximate surface area is 644 Å². The first kappa shape index (κ1) is 79.5. The molecule has 3 N–H and O–H groups in total. The van der Waals surface area contributed by atoms with Crippen LogP contribution < -0.4 is 0 Å². The maximum Gasteiger partial charge on any atom is 0.335 e. The summed E-state index contributed by atoms with van der Waals surface area (Å²) in [4.78, 5) is 94.1. The zero-order valence-electron chi connectivity index (χ0n) is 67.9. The zero-order chi connectivity index (χ0) is 79.1. The molecule has 0 amide bonds. The summed E-state index contributed by atoms with van der Waals surface area (Å²) in [5, 5.41) is 59.2. The molecule has 588 valence electrons. The van der Waals surface area contributed by atoms with Crippen LogP contribution in [0.4, 0.5) is 0 Å². The second-order valence-electron chi connectivity index (χ2n) is 39.5. The van der Waals surface area contributed by atoms with E-state index in [9.17, 15) is 54.1 Å². The highest BCUT2D eigenvalue weighted by molar-refractivity contribution is 6.01. The van der Waals surface area contributed by atoms with E-state index >= 15 is 0 Å². The van der Waals surface area contributed by atoms with Crippen LogP contribution in [0, 0.1) is 118 Å². The van der Waals surface area contributed by atoms with Crippen molar-refractivity contribution < 1.29 is 67.2 Å². The SMILES string of the molecule is CC[C@H](CC[C@@]1(C)[C@H](C)CC[C@]2(C)[C@@H]1CC[C@@H]1C3=C(C(C)C)C(=O)C[C@]3(Cc3nnc(-c4ccc(C(=O)O)cc4)o3)CC[C@]12C)OC(=O)CC(C)(Cc1cc(-c2nnc(C[C@@]34CC[C@]5(C)[C@H](CC[C@@H]6[C@@]7(C)CC[C@H](OC(=O)CC(C)(C)C(=O)O)C(C)(C)[C@@H]7CC[C@]65C)C3=C(C(C)C)C(=O)C4)o2)ccc1C#N)C(=O)O. The average Bonchev–Trinajstić information content (AvgIpc) is 1.68. The van der Waals surface area contributed by atoms with Crippen molar-refractivity contribution >= 4 is 41.4 Å². The zero-order valence-corrected chi connectivity index (χ0v) is 67.9. The van der Waals surface area contributed by atoms with Crippen molar-refractivity contribution in [2.24, 2.45) is 107 Å². The summed E-state index contributed by atoms with van der Waals surface area (Å²) < 4.78 is 25.6. The molecule has 0 radical (unpaired) electrons. The van der Waals surface area contributed by atoms with Crippen LogP contribution in [-0.4, -0.2) is 89.3 Å². The van der Waals surface area contributed by atoms with Crippen LogP contribution in [0.2, 0.25) is 0 Å². The number of carbonyl (C=O) groups excluding carboxylic acids is 4. The Morgan fingerprint density at radius 1 is 0.615 bits per heavy atom. The molecule has 9 aliphatic carbocycles. The molecule has 0 aliphatic heterocycles. The average molecular weight is 1490 g/mol. The van der Waals surface area contributed by atoms with Gasteiger partial charge in [0.25, 0.3) is 0 Å². The summed E-state index contributed by atoms with van der Waals surface area (Å²) in [6.07, 6.45) is 15.1. The van der Waals surface area contributed by atoms with Crippen molar-refractivity contribution in [2.75, 3.05) is 0 Å². The number of allylic oxidation sites excluding steroid dienone is 4. The molecule has 2 aromatic heterocycles. The van der Waals surface area contributed by atoms with E-state index in [0.29, 0.717) is 97.1 Å². The van der Waals surface area contributed by atoms with E-state index in [1.54, 1.807) is 44.2 Å². The number of rotatable bonds is 23. The van der Waals surface area contributed by atoms with Gasteiger partial charge in [0.15, 0.2) is 11.6 Å². The number of benzene rings is 2. The number of hydrogen-bond acceptors (Lipinski definition) is 16. The second-order valence-corrected chi connectivity index (χ2v) is 39.5. The molecule has 0 saturated heterocycles. The lowest BCUT2D eigenvalue weighted by molar-refractivity contribution is -0.233. The number of carbonyl (C=O) groups is 7. The van der Waals surface area contributed by atoms with Crippen molar-refractivity contribution in [2.45, 2.75) is 284 Å². The number of esters is 2. The molecule has 2 aromatic carbocycles. The summed E-state index contributed by atoms with van der Waals surface area (Å²) >= 11 is 0. The Kier molecular flexibility index (Phi) is 20.4. The molecule has 4 aromatic rings. The lowest BCUT2D eigenvalue weighted by Gasteiger charge is -2.72. The van der Waals surface area contributed by atoms with Crippen molar-refractivity contribution in [3.63, 3.8) is 0 Å². The first-order chi connectivity index (χ1) is 51.0. The highest BCUT2D eigenvalue weighted by Gasteiger charge is 2.72. The minimum Gasteiger partial charge on any atom is -0.481 e. The Morgan fingerprint density at radius 2 is 1.15 bits per heavy atom. The molecule has 7 saturated carbocycles. The van der Waals surface area contributed by atoms with Crippen LogP contribution >= 0.6 is 0 Å². The summed E-state index contributed by atoms with van der Waals surface area (Å²) in [6.45, 7) is 37.1. The molecule has 0 spiro atoms. The van der Waals surface area contributed by atoms with Gasteiger partial charge in [0.05, 0.1) is 40.9 Å². The van der Waals surface area contributed by atoms with E-state index in [-0.39, 0.29) is 115 Å². The predicted octanol–water partition coefficient (Wildman–Crippen LogP) is 18.8. The van der Waals surface area contributed by atoms with E-state index in [1.165, 1.54) is 30.2 Å². The Balaban J connectivity index is 0.675. The molecular weight excluding hydrogens is 1380 g/mol. The van der Waals surface area contributed by atoms with Gasteiger partial charge in [-0.3, -0.25) is 28.8 Å². The van der Waals surface area contributed by atoms with Gasteiger partial charge in [0.2, 0.25) is 23.6 Å². The van der Waals surface area contributed by atoms with Gasteiger partial charge in [-0.2, -0.15) is 5.26 Å². The number of nitrogens with zero attached hydrogens (tertiary/aromatic N) is 5. The van der Waals surface area contributed by atoms with Crippen molar-refractivity contribution in [3.05, 3.63) is 93.2 Å². The second kappa shape index (κ2) is 27.9. The largest absolute Gasteiger partial charge is 0.481 e. The highest BCUT2D eigenvalue weighted by atomic mass is 16.5. The van der Waals surface area contributed by atoms with E-state index in [0.717, 1.165) is 101 Å². The number of aromatic nitrogens is 4. The van der Waals surface area contributed by atoms with Gasteiger partial charge in [-0.1, -0.05) is 108 Å². The van der Waals surface area contributed by atoms with Gasteiger partial charge in [-0.15, -0.1) is 20.4 Å². The number of fused-ring (bicyclic) bond motifs is 12. The molecule has 0 bridgehead atoms. The number of aromatic carboxylic acids is 1. The molecule has 17 atom stereocenters. The van der Waals surface area contributed by atoms with Gasteiger partial charge >= 0.3 is 29.8 Å². The minimum absolute atomic E-state index is 0.0105. The van der Waals surface area contributed by atoms with Crippen molar-refractivity contribution in [1.82, 2.24) is 20.4 Å². The fourth-order valence-corrected chi connectivity index (χ4v) is 25.9. The number of Topliss-reactive ketones (excluding diaryl/α,β-unsaturated/α-hetero) is 2. The third-order valence-corrected chi connectivity index (χ3v) is 32.4. The fourth-order valence-electron chi connectivity index (χ4n) is 25.9. The topological polar surface area (TPSA) is 300 Å². The summed E-state index contributed by atoms with van der Waals surface area (Å²) in [5.41, 5.74) is 1.72. The van der Waals surface area contributed by atoms with E-state index < -0.39 is 64.0 Å². The van der Waals surface area contributed by atoms with Crippen LogP contribution in [0.15, 0.2) is 73.6 Å². The summed E-state index contributed by atoms with van der Waals surface area (Å²) in [5.74, 6) is -0.732. The number of ether oxygens (including phenoxy) is 2. The predicted molar refractivity (Wildman–Crippen MR) is 409 cm³/mol. The van der Waals surface area contributed by atoms with Crippen LogP contribution in [0.25, 0.3) is 22.9 Å². The molecule has 7 fully saturated rings. The summed E-state index contributed by atoms with van der Waals surface area (Å²) in [7, 11) is 0. The fraction of sp³-hybridized carbons (Fsp3) is 0.689. The lowest BCUT2D eigenvalue weighted by Crippen LogP contribution is -2.65. The quantitative estimate of drug-likeness (QED) is 0.0581. The number of aliphatic carboxylic acids is 2. The van der Waals surface area contributed by atoms with Crippen LogP contribution in [-0.2, 0) is 57.5 Å². The Bertz CT molecular complexity index is 4430. The molecule has 9 aliphatic rings. The first-order valence-electron chi connectivity index (χ1n) is 41.0. The number of hydrogen-bond donors (Lipinski definition) is 3. The van der Waals surface area contributed by atoms with Crippen LogP contribution in [0.5, 0.6) is 0 Å². The van der Waals surface area contributed by atoms with Crippen LogP contribution in [0.1, 0.15) is 286 Å². The Hall–Kier alpha value is -7.62. The lowest BCUT2D eigenvalue weighted by atomic mass is 9.33. The molecule has 19 nitrogen and oxygen atoms in total. The third kappa shape index (κ3) is 12.9. The summed E-state index contributed by atoms with van der Waals surface area (Å²) in [6, 6.07) is 13.8. The maximum atomic E-state index is 14.7. The smallest absolute Gasteiger partial charge is 0.335 e.